The predicted octanol–water partition coefficient (Wildman–Crippen LogP) is 4.17. The van der Waals surface area contributed by atoms with Gasteiger partial charge in [-0.3, -0.25) is 0 Å². The highest BCUT2D eigenvalue weighted by Gasteiger charge is 2.71. The first kappa shape index (κ1) is 13.6. The number of aromatic nitrogens is 3. The summed E-state index contributed by atoms with van der Waals surface area (Å²) in [6.45, 7) is 0. The van der Waals surface area contributed by atoms with Gasteiger partial charge in [0.15, 0.2) is 12.0 Å². The molecular formula is C17H16F3N3. The molecule has 0 unspecified atom stereocenters. The maximum Gasteiger partial charge on any atom is 0.313 e. The van der Waals surface area contributed by atoms with E-state index in [4.69, 9.17) is 0 Å². The second-order valence-electron chi connectivity index (χ2n) is 7.20. The van der Waals surface area contributed by atoms with Crippen molar-refractivity contribution >= 4 is 0 Å². The Morgan fingerprint density at radius 3 is 2.43 bits per heavy atom. The number of hydrogen-bond acceptors (Lipinski definition) is 2. The normalized spacial score (nSPS) is 34.7. The Morgan fingerprint density at radius 2 is 1.83 bits per heavy atom. The molecule has 0 radical (unpaired) electrons. The average Bonchev–Trinajstić information content (AvgIpc) is 2.97. The molecule has 23 heavy (non-hydrogen) atoms. The summed E-state index contributed by atoms with van der Waals surface area (Å²) in [4.78, 5) is 3.92. The molecular weight excluding hydrogens is 303 g/mol. The van der Waals surface area contributed by atoms with Crippen LogP contribution in [-0.4, -0.2) is 14.8 Å². The molecule has 2 heterocycles. The lowest BCUT2D eigenvalue weighted by molar-refractivity contribution is -0.274. The van der Waals surface area contributed by atoms with Gasteiger partial charge < -0.3 is 0 Å². The SMILES string of the molecule is F[C@H]1C[C@@H](c2ccccc2)n2nc(C(F)(F)C34CC(C3)C4)nc21. The van der Waals surface area contributed by atoms with E-state index in [-0.39, 0.29) is 18.3 Å². The van der Waals surface area contributed by atoms with Gasteiger partial charge in [-0.25, -0.2) is 14.1 Å². The molecule has 0 spiro atoms. The maximum absolute atomic E-state index is 14.8. The molecule has 2 bridgehead atoms. The van der Waals surface area contributed by atoms with Gasteiger partial charge in [-0.05, 0) is 30.7 Å². The Morgan fingerprint density at radius 1 is 1.13 bits per heavy atom. The van der Waals surface area contributed by atoms with Gasteiger partial charge in [-0.15, -0.1) is 5.10 Å². The van der Waals surface area contributed by atoms with E-state index < -0.39 is 23.3 Å². The van der Waals surface area contributed by atoms with Crippen LogP contribution in [0.25, 0.3) is 0 Å². The zero-order valence-corrected chi connectivity index (χ0v) is 12.4. The minimum atomic E-state index is -3.06. The molecule has 3 saturated carbocycles. The summed E-state index contributed by atoms with van der Waals surface area (Å²) in [5.41, 5.74) is -0.0897. The molecule has 3 nitrogen and oxygen atoms in total. The first-order valence-electron chi connectivity index (χ1n) is 8.04. The first-order valence-corrected chi connectivity index (χ1v) is 8.04. The minimum absolute atomic E-state index is 0.0418. The third-order valence-corrected chi connectivity index (χ3v) is 5.83. The summed E-state index contributed by atoms with van der Waals surface area (Å²) < 4.78 is 45.2. The molecule has 1 aromatic carbocycles. The van der Waals surface area contributed by atoms with Crippen LogP contribution in [0.1, 0.15) is 55.1 Å². The van der Waals surface area contributed by atoms with E-state index in [0.717, 1.165) is 5.56 Å². The smallest absolute Gasteiger partial charge is 0.239 e. The summed E-state index contributed by atoms with van der Waals surface area (Å²) in [5.74, 6) is -3.06. The lowest BCUT2D eigenvalue weighted by Crippen LogP contribution is -2.60. The fourth-order valence-electron chi connectivity index (χ4n) is 4.37. The van der Waals surface area contributed by atoms with Crippen LogP contribution >= 0.6 is 0 Å². The third-order valence-electron chi connectivity index (χ3n) is 5.83. The summed E-state index contributed by atoms with van der Waals surface area (Å²) >= 11 is 0. The van der Waals surface area contributed by atoms with E-state index in [2.05, 4.69) is 10.1 Å². The highest BCUT2D eigenvalue weighted by atomic mass is 19.3. The van der Waals surface area contributed by atoms with E-state index in [1.807, 2.05) is 30.3 Å². The van der Waals surface area contributed by atoms with Crippen LogP contribution in [0, 0.1) is 11.3 Å². The molecule has 6 heteroatoms. The number of rotatable bonds is 3. The van der Waals surface area contributed by atoms with E-state index >= 15 is 0 Å². The van der Waals surface area contributed by atoms with Crippen molar-refractivity contribution in [3.63, 3.8) is 0 Å². The number of benzene rings is 1. The molecule has 120 valence electrons. The van der Waals surface area contributed by atoms with Crippen molar-refractivity contribution in [2.24, 2.45) is 11.3 Å². The summed E-state index contributed by atoms with van der Waals surface area (Å²) in [6.07, 6.45) is 0.504. The van der Waals surface area contributed by atoms with Crippen molar-refractivity contribution in [2.75, 3.05) is 0 Å². The highest BCUT2D eigenvalue weighted by molar-refractivity contribution is 5.25. The van der Waals surface area contributed by atoms with Gasteiger partial charge in [0, 0.05) is 11.8 Å². The number of halogens is 3. The number of nitrogens with zero attached hydrogens (tertiary/aromatic N) is 3. The van der Waals surface area contributed by atoms with E-state index in [0.29, 0.717) is 25.2 Å². The van der Waals surface area contributed by atoms with Gasteiger partial charge >= 0.3 is 5.92 Å². The molecule has 1 aromatic heterocycles. The topological polar surface area (TPSA) is 30.7 Å². The zero-order valence-electron chi connectivity index (χ0n) is 12.4. The maximum atomic E-state index is 14.8. The fraction of sp³-hybridized carbons (Fsp3) is 0.529. The second kappa shape index (κ2) is 4.16. The summed E-state index contributed by atoms with van der Waals surface area (Å²) in [5, 5.41) is 4.06. The van der Waals surface area contributed by atoms with E-state index in [1.54, 1.807) is 0 Å². The van der Waals surface area contributed by atoms with Crippen molar-refractivity contribution < 1.29 is 13.2 Å². The molecule has 6 rings (SSSR count). The van der Waals surface area contributed by atoms with Crippen molar-refractivity contribution in [2.45, 2.75) is 43.8 Å². The fourth-order valence-corrected chi connectivity index (χ4v) is 4.37. The van der Waals surface area contributed by atoms with Crippen LogP contribution in [0.2, 0.25) is 0 Å². The number of fused-ring (bicyclic) bond motifs is 1. The monoisotopic (exact) mass is 319 g/mol. The summed E-state index contributed by atoms with van der Waals surface area (Å²) in [7, 11) is 0. The van der Waals surface area contributed by atoms with Crippen LogP contribution in [0.3, 0.4) is 0 Å². The van der Waals surface area contributed by atoms with Gasteiger partial charge in [0.25, 0.3) is 0 Å². The highest BCUT2D eigenvalue weighted by Crippen LogP contribution is 2.73. The van der Waals surface area contributed by atoms with Crippen molar-refractivity contribution in [3.05, 3.63) is 47.5 Å². The second-order valence-corrected chi connectivity index (χ2v) is 7.20. The van der Waals surface area contributed by atoms with Gasteiger partial charge in [0.1, 0.15) is 0 Å². The van der Waals surface area contributed by atoms with Crippen molar-refractivity contribution in [3.8, 4) is 0 Å². The van der Waals surface area contributed by atoms with Crippen molar-refractivity contribution in [1.29, 1.82) is 0 Å². The van der Waals surface area contributed by atoms with Crippen LogP contribution in [0.4, 0.5) is 13.2 Å². The van der Waals surface area contributed by atoms with E-state index in [9.17, 15) is 13.2 Å². The van der Waals surface area contributed by atoms with Gasteiger partial charge in [0.05, 0.1) is 6.04 Å². The zero-order chi connectivity index (χ0) is 15.8. The molecule has 0 amide bonds. The van der Waals surface area contributed by atoms with Crippen LogP contribution < -0.4 is 0 Å². The Hall–Kier alpha value is -1.85. The Kier molecular flexibility index (Phi) is 2.46. The van der Waals surface area contributed by atoms with Gasteiger partial charge in [0.2, 0.25) is 5.82 Å². The lowest BCUT2D eigenvalue weighted by atomic mass is 9.42. The molecule has 0 saturated heterocycles. The Balaban J connectivity index is 1.54. The number of hydrogen-bond donors (Lipinski definition) is 0. The van der Waals surface area contributed by atoms with Crippen molar-refractivity contribution in [1.82, 2.24) is 14.8 Å². The quantitative estimate of drug-likeness (QED) is 0.850. The Bertz CT molecular complexity index is 754. The van der Waals surface area contributed by atoms with E-state index in [1.165, 1.54) is 4.68 Å². The van der Waals surface area contributed by atoms with Crippen LogP contribution in [-0.2, 0) is 5.92 Å². The van der Waals surface area contributed by atoms with Crippen LogP contribution in [0.5, 0.6) is 0 Å². The lowest BCUT2D eigenvalue weighted by Gasteiger charge is -2.63. The predicted molar refractivity (Wildman–Crippen MR) is 76.7 cm³/mol. The minimum Gasteiger partial charge on any atom is -0.239 e. The third kappa shape index (κ3) is 1.61. The first-order chi connectivity index (χ1) is 11.0. The molecule has 3 fully saturated rings. The molecule has 3 aliphatic carbocycles. The molecule has 0 N–H and O–H groups in total. The standard InChI is InChI=1S/C17H16F3N3/c18-12-6-13(11-4-2-1-3-5-11)23-14(12)21-15(22-23)17(19,20)16-7-10(8-16)9-16/h1-5,10,12-13H,6-9H2/t10?,12-,13-,16?/m0/s1. The van der Waals surface area contributed by atoms with Gasteiger partial charge in [-0.2, -0.15) is 8.78 Å². The molecule has 1 aliphatic heterocycles. The molecule has 2 aromatic rings. The summed E-state index contributed by atoms with van der Waals surface area (Å²) in [6, 6.07) is 8.96. The van der Waals surface area contributed by atoms with Gasteiger partial charge in [-0.1, -0.05) is 30.3 Å². The molecule has 4 aliphatic rings. The average molecular weight is 319 g/mol. The largest absolute Gasteiger partial charge is 0.313 e. The van der Waals surface area contributed by atoms with Crippen LogP contribution in [0.15, 0.2) is 30.3 Å². The molecule has 2 atom stereocenters. The number of alkyl halides is 3. The Labute approximate surface area is 131 Å².